The molecule has 1 aliphatic heterocycles. The van der Waals surface area contributed by atoms with Gasteiger partial charge >= 0.3 is 5.97 Å². The maximum absolute atomic E-state index is 12.4. The second kappa shape index (κ2) is 10.0. The fraction of sp³-hybridized carbons (Fsp3) is 0.192. The van der Waals surface area contributed by atoms with Crippen LogP contribution in [0.4, 0.5) is 0 Å². The van der Waals surface area contributed by atoms with Crippen molar-refractivity contribution in [3.8, 4) is 0 Å². The van der Waals surface area contributed by atoms with Gasteiger partial charge in [-0.2, -0.15) is 0 Å². The normalized spacial score (nSPS) is 13.4. The van der Waals surface area contributed by atoms with Crippen molar-refractivity contribution >= 4 is 17.8 Å². The highest BCUT2D eigenvalue weighted by atomic mass is 16.7. The van der Waals surface area contributed by atoms with Crippen molar-refractivity contribution in [3.63, 3.8) is 0 Å². The van der Waals surface area contributed by atoms with Crippen molar-refractivity contribution in [1.29, 1.82) is 0 Å². The van der Waals surface area contributed by atoms with Crippen molar-refractivity contribution in [1.82, 2.24) is 5.06 Å². The molecule has 2 amide bonds. The van der Waals surface area contributed by atoms with Crippen LogP contribution in [0.2, 0.25) is 0 Å². The van der Waals surface area contributed by atoms with E-state index in [0.717, 1.165) is 0 Å². The van der Waals surface area contributed by atoms with Crippen LogP contribution in [0.25, 0.3) is 0 Å². The van der Waals surface area contributed by atoms with Crippen molar-refractivity contribution < 1.29 is 24.3 Å². The number of nitrogens with zero attached hydrogens (tertiary/aromatic N) is 1. The molecule has 3 aromatic carbocycles. The summed E-state index contributed by atoms with van der Waals surface area (Å²) in [6.07, 6.45) is 0.0679. The van der Waals surface area contributed by atoms with Crippen LogP contribution in [0.15, 0.2) is 84.9 Å². The van der Waals surface area contributed by atoms with Gasteiger partial charge in [0.05, 0.1) is 5.56 Å². The number of benzene rings is 3. The summed E-state index contributed by atoms with van der Waals surface area (Å²) in [4.78, 5) is 40.6. The summed E-state index contributed by atoms with van der Waals surface area (Å²) in [6, 6.07) is 24.7. The smallest absolute Gasteiger partial charge is 0.363 e. The number of hydrogen-bond donors (Lipinski definition) is 1. The van der Waals surface area contributed by atoms with Gasteiger partial charge in [-0.15, -0.1) is 5.06 Å². The second-order valence-corrected chi connectivity index (χ2v) is 6.98. The van der Waals surface area contributed by atoms with Gasteiger partial charge in [0, 0.05) is 12.8 Å². The average molecular weight is 431 g/mol. The van der Waals surface area contributed by atoms with Gasteiger partial charge < -0.3 is 9.94 Å². The molecule has 0 atom stereocenters. The number of imide groups is 1. The minimum absolute atomic E-state index is 0.0340. The van der Waals surface area contributed by atoms with Crippen LogP contribution in [0.1, 0.15) is 53.7 Å². The van der Waals surface area contributed by atoms with Crippen LogP contribution < -0.4 is 0 Å². The average Bonchev–Trinajstić information content (AvgIpc) is 3.18. The lowest BCUT2D eigenvalue weighted by Crippen LogP contribution is -2.32. The molecule has 0 saturated carbocycles. The quantitative estimate of drug-likeness (QED) is 0.483. The molecule has 0 unspecified atom stereocenters. The number of amides is 2. The standard InChI is InChI=1S/C24H19NO5.C2H6/c26-21-15-16-22(27)25(21)30-23(28)17-11-13-20(14-12-17)24(29,18-7-3-1-4-8-18)19-9-5-2-6-10-19;1-2/h1-14,29H,15-16H2;1-2H3. The zero-order chi connectivity index (χ0) is 23.1. The molecule has 6 heteroatoms. The maximum Gasteiger partial charge on any atom is 0.363 e. The van der Waals surface area contributed by atoms with Gasteiger partial charge in [0.15, 0.2) is 0 Å². The van der Waals surface area contributed by atoms with E-state index in [0.29, 0.717) is 21.8 Å². The summed E-state index contributed by atoms with van der Waals surface area (Å²) < 4.78 is 0. The molecular formula is C26H25NO5. The highest BCUT2D eigenvalue weighted by molar-refractivity contribution is 6.02. The number of rotatable bonds is 5. The predicted octanol–water partition coefficient (Wildman–Crippen LogP) is 4.22. The Bertz CT molecular complexity index is 1020. The molecule has 1 saturated heterocycles. The van der Waals surface area contributed by atoms with E-state index in [-0.39, 0.29) is 18.4 Å². The lowest BCUT2D eigenvalue weighted by Gasteiger charge is -2.30. The van der Waals surface area contributed by atoms with E-state index >= 15 is 0 Å². The molecule has 1 N–H and O–H groups in total. The molecule has 0 bridgehead atoms. The zero-order valence-electron chi connectivity index (χ0n) is 18.0. The van der Waals surface area contributed by atoms with Gasteiger partial charge in [-0.1, -0.05) is 86.6 Å². The van der Waals surface area contributed by atoms with E-state index in [4.69, 9.17) is 4.84 Å². The van der Waals surface area contributed by atoms with Gasteiger partial charge in [-0.05, 0) is 28.8 Å². The summed E-state index contributed by atoms with van der Waals surface area (Å²) in [7, 11) is 0. The first-order valence-electron chi connectivity index (χ1n) is 10.5. The molecule has 0 aliphatic carbocycles. The van der Waals surface area contributed by atoms with E-state index in [1.807, 2.05) is 74.5 Å². The van der Waals surface area contributed by atoms with Gasteiger partial charge in [-0.25, -0.2) is 4.79 Å². The summed E-state index contributed by atoms with van der Waals surface area (Å²) in [5.74, 6) is -1.88. The maximum atomic E-state index is 12.4. The van der Waals surface area contributed by atoms with Gasteiger partial charge in [0.25, 0.3) is 11.8 Å². The lowest BCUT2D eigenvalue weighted by atomic mass is 9.80. The van der Waals surface area contributed by atoms with Crippen LogP contribution in [-0.4, -0.2) is 28.0 Å². The molecule has 3 aromatic rings. The Kier molecular flexibility index (Phi) is 7.18. The fourth-order valence-corrected chi connectivity index (χ4v) is 3.50. The van der Waals surface area contributed by atoms with Crippen LogP contribution in [0.3, 0.4) is 0 Å². The third-order valence-corrected chi connectivity index (χ3v) is 5.10. The monoisotopic (exact) mass is 431 g/mol. The molecule has 1 aliphatic rings. The molecule has 0 spiro atoms. The second-order valence-electron chi connectivity index (χ2n) is 6.98. The van der Waals surface area contributed by atoms with Gasteiger partial charge in [0.2, 0.25) is 0 Å². The van der Waals surface area contributed by atoms with Crippen LogP contribution in [0.5, 0.6) is 0 Å². The van der Waals surface area contributed by atoms with E-state index in [9.17, 15) is 19.5 Å². The summed E-state index contributed by atoms with van der Waals surface area (Å²) in [6.45, 7) is 4.00. The van der Waals surface area contributed by atoms with Crippen molar-refractivity contribution in [2.45, 2.75) is 32.3 Å². The van der Waals surface area contributed by atoms with Crippen LogP contribution in [-0.2, 0) is 20.0 Å². The Morgan fingerprint density at radius 1 is 0.750 bits per heavy atom. The highest BCUT2D eigenvalue weighted by Crippen LogP contribution is 2.36. The first kappa shape index (κ1) is 22.9. The Hall–Kier alpha value is -3.77. The van der Waals surface area contributed by atoms with Gasteiger partial charge in [0.1, 0.15) is 5.60 Å². The Balaban J connectivity index is 0.00000141. The summed E-state index contributed by atoms with van der Waals surface area (Å²) >= 11 is 0. The van der Waals surface area contributed by atoms with Gasteiger partial charge in [-0.3, -0.25) is 9.59 Å². The molecule has 0 aromatic heterocycles. The molecule has 164 valence electrons. The number of hydrogen-bond acceptors (Lipinski definition) is 5. The minimum Gasteiger partial charge on any atom is -0.376 e. The molecule has 32 heavy (non-hydrogen) atoms. The number of carbonyl (C=O) groups excluding carboxylic acids is 3. The van der Waals surface area contributed by atoms with E-state index in [1.54, 1.807) is 12.1 Å². The first-order valence-corrected chi connectivity index (χ1v) is 10.5. The Labute approximate surface area is 187 Å². The Morgan fingerprint density at radius 2 is 1.16 bits per heavy atom. The summed E-state index contributed by atoms with van der Waals surface area (Å²) in [5, 5.41) is 12.3. The predicted molar refractivity (Wildman–Crippen MR) is 119 cm³/mol. The molecule has 1 heterocycles. The van der Waals surface area contributed by atoms with E-state index in [2.05, 4.69) is 0 Å². The number of aliphatic hydroxyl groups is 1. The highest BCUT2D eigenvalue weighted by Gasteiger charge is 2.35. The topological polar surface area (TPSA) is 83.9 Å². The third kappa shape index (κ3) is 4.45. The zero-order valence-corrected chi connectivity index (χ0v) is 18.0. The SMILES string of the molecule is CC.O=C(ON1C(=O)CCC1=O)c1ccc(C(O)(c2ccccc2)c2ccccc2)cc1. The van der Waals surface area contributed by atoms with Crippen LogP contribution in [0, 0.1) is 0 Å². The van der Waals surface area contributed by atoms with Crippen LogP contribution >= 0.6 is 0 Å². The van der Waals surface area contributed by atoms with Crippen molar-refractivity contribution in [3.05, 3.63) is 107 Å². The molecular weight excluding hydrogens is 406 g/mol. The molecule has 4 rings (SSSR count). The number of carbonyl (C=O) groups is 3. The van der Waals surface area contributed by atoms with E-state index < -0.39 is 23.4 Å². The van der Waals surface area contributed by atoms with Crippen molar-refractivity contribution in [2.75, 3.05) is 0 Å². The van der Waals surface area contributed by atoms with E-state index in [1.165, 1.54) is 12.1 Å². The Morgan fingerprint density at radius 3 is 1.59 bits per heavy atom. The summed E-state index contributed by atoms with van der Waals surface area (Å²) in [5.41, 5.74) is 0.658. The van der Waals surface area contributed by atoms with Crippen molar-refractivity contribution in [2.24, 2.45) is 0 Å². The number of hydroxylamine groups is 2. The third-order valence-electron chi connectivity index (χ3n) is 5.10. The largest absolute Gasteiger partial charge is 0.376 e. The first-order chi connectivity index (χ1) is 15.5. The molecule has 0 radical (unpaired) electrons. The molecule has 6 nitrogen and oxygen atoms in total. The minimum atomic E-state index is -1.42. The molecule has 1 fully saturated rings. The lowest BCUT2D eigenvalue weighted by molar-refractivity contribution is -0.172. The fourth-order valence-electron chi connectivity index (χ4n) is 3.50.